The van der Waals surface area contributed by atoms with Crippen molar-refractivity contribution in [3.8, 4) is 11.5 Å². The summed E-state index contributed by atoms with van der Waals surface area (Å²) in [6.45, 7) is 6.45. The van der Waals surface area contributed by atoms with Gasteiger partial charge in [-0.15, -0.1) is 10.2 Å². The third kappa shape index (κ3) is 4.05. The summed E-state index contributed by atoms with van der Waals surface area (Å²) < 4.78 is 5.68. The minimum Gasteiger partial charge on any atom is -0.411 e. The van der Waals surface area contributed by atoms with Gasteiger partial charge in [0.2, 0.25) is 5.89 Å². The van der Waals surface area contributed by atoms with Crippen LogP contribution in [0.1, 0.15) is 26.3 Å². The highest BCUT2D eigenvalue weighted by Gasteiger charge is 2.16. The van der Waals surface area contributed by atoms with E-state index in [1.54, 1.807) is 6.07 Å². The van der Waals surface area contributed by atoms with E-state index in [1.165, 1.54) is 17.7 Å². The molecule has 0 saturated heterocycles. The summed E-state index contributed by atoms with van der Waals surface area (Å²) in [5, 5.41) is 19.4. The van der Waals surface area contributed by atoms with E-state index in [0.717, 1.165) is 17.3 Å². The minimum absolute atomic E-state index is 0.0653. The van der Waals surface area contributed by atoms with E-state index in [0.29, 0.717) is 16.0 Å². The summed E-state index contributed by atoms with van der Waals surface area (Å²) in [5.74, 6) is 0.408. The molecule has 0 radical (unpaired) electrons. The zero-order valence-corrected chi connectivity index (χ0v) is 16.0. The number of hydrogen-bond acceptors (Lipinski definition) is 6. The fourth-order valence-electron chi connectivity index (χ4n) is 2.26. The van der Waals surface area contributed by atoms with Gasteiger partial charge in [-0.25, -0.2) is 0 Å². The zero-order valence-electron chi connectivity index (χ0n) is 14.4. The zero-order chi connectivity index (χ0) is 18.9. The van der Waals surface area contributed by atoms with E-state index in [9.17, 15) is 10.1 Å². The van der Waals surface area contributed by atoms with Crippen molar-refractivity contribution < 1.29 is 9.34 Å². The third-order valence-corrected chi connectivity index (χ3v) is 5.07. The SMILES string of the molecule is CC(C)(C)c1ccc(-c2nnc(Sc3ccc([N+](=O)[O-])cc3Cl)o2)cc1. The van der Waals surface area contributed by atoms with Crippen LogP contribution < -0.4 is 0 Å². The molecule has 26 heavy (non-hydrogen) atoms. The summed E-state index contributed by atoms with van der Waals surface area (Å²) in [6.07, 6.45) is 0. The largest absolute Gasteiger partial charge is 0.411 e. The Hall–Kier alpha value is -2.38. The van der Waals surface area contributed by atoms with Crippen molar-refractivity contribution in [1.29, 1.82) is 0 Å². The Kier molecular flexibility index (Phi) is 5.02. The Morgan fingerprint density at radius 2 is 1.81 bits per heavy atom. The number of halogens is 1. The molecule has 0 aliphatic heterocycles. The van der Waals surface area contributed by atoms with Crippen LogP contribution in [-0.4, -0.2) is 15.1 Å². The molecular weight excluding hydrogens is 374 g/mol. The van der Waals surface area contributed by atoms with Crippen LogP contribution in [0.2, 0.25) is 5.02 Å². The van der Waals surface area contributed by atoms with E-state index in [-0.39, 0.29) is 16.1 Å². The lowest BCUT2D eigenvalue weighted by Gasteiger charge is -2.18. The molecule has 0 unspecified atom stereocenters. The highest BCUT2D eigenvalue weighted by molar-refractivity contribution is 7.99. The van der Waals surface area contributed by atoms with Gasteiger partial charge in [0.25, 0.3) is 10.9 Å². The number of non-ortho nitro benzene ring substituents is 1. The van der Waals surface area contributed by atoms with Gasteiger partial charge < -0.3 is 4.42 Å². The molecule has 0 saturated carbocycles. The average molecular weight is 390 g/mol. The van der Waals surface area contributed by atoms with Crippen molar-refractivity contribution in [1.82, 2.24) is 10.2 Å². The lowest BCUT2D eigenvalue weighted by Crippen LogP contribution is -2.10. The van der Waals surface area contributed by atoms with Gasteiger partial charge in [-0.1, -0.05) is 44.5 Å². The molecule has 134 valence electrons. The standard InChI is InChI=1S/C18H16ClN3O3S/c1-18(2,3)12-6-4-11(5-7-12)16-20-21-17(25-16)26-15-9-8-13(22(23)24)10-14(15)19/h4-10H,1-3H3. The highest BCUT2D eigenvalue weighted by Crippen LogP contribution is 2.35. The summed E-state index contributed by atoms with van der Waals surface area (Å²) in [4.78, 5) is 10.9. The van der Waals surface area contributed by atoms with Crippen LogP contribution in [-0.2, 0) is 5.41 Å². The highest BCUT2D eigenvalue weighted by atomic mass is 35.5. The number of aromatic nitrogens is 2. The molecule has 0 bridgehead atoms. The predicted molar refractivity (Wildman–Crippen MR) is 101 cm³/mol. The first-order valence-electron chi connectivity index (χ1n) is 7.80. The summed E-state index contributed by atoms with van der Waals surface area (Å²) in [6, 6.07) is 12.2. The number of nitrogens with zero attached hydrogens (tertiary/aromatic N) is 3. The number of nitro groups is 1. The fourth-order valence-corrected chi connectivity index (χ4v) is 3.23. The number of benzene rings is 2. The third-order valence-electron chi connectivity index (χ3n) is 3.73. The van der Waals surface area contributed by atoms with E-state index in [4.69, 9.17) is 16.0 Å². The average Bonchev–Trinajstić information content (AvgIpc) is 3.04. The van der Waals surface area contributed by atoms with Crippen LogP contribution in [0.4, 0.5) is 5.69 Å². The van der Waals surface area contributed by atoms with E-state index in [2.05, 4.69) is 31.0 Å². The van der Waals surface area contributed by atoms with Crippen LogP contribution in [0.5, 0.6) is 0 Å². The Labute approximate surface area is 159 Å². The molecule has 3 rings (SSSR count). The van der Waals surface area contributed by atoms with Crippen molar-refractivity contribution in [2.24, 2.45) is 0 Å². The van der Waals surface area contributed by atoms with Gasteiger partial charge >= 0.3 is 0 Å². The minimum atomic E-state index is -0.494. The summed E-state index contributed by atoms with van der Waals surface area (Å²) in [5.41, 5.74) is 2.05. The van der Waals surface area contributed by atoms with Crippen molar-refractivity contribution in [3.05, 3.63) is 63.2 Å². The first-order chi connectivity index (χ1) is 12.2. The Bertz CT molecular complexity index is 949. The van der Waals surface area contributed by atoms with Crippen LogP contribution in [0, 0.1) is 10.1 Å². The van der Waals surface area contributed by atoms with Gasteiger partial charge in [-0.2, -0.15) is 0 Å². The Morgan fingerprint density at radius 1 is 1.12 bits per heavy atom. The number of rotatable bonds is 4. The predicted octanol–water partition coefficient (Wildman–Crippen LogP) is 5.75. The first kappa shape index (κ1) is 18.4. The lowest BCUT2D eigenvalue weighted by atomic mass is 9.87. The van der Waals surface area contributed by atoms with Crippen molar-refractivity contribution in [3.63, 3.8) is 0 Å². The maximum Gasteiger partial charge on any atom is 0.281 e. The molecule has 0 atom stereocenters. The lowest BCUT2D eigenvalue weighted by molar-refractivity contribution is -0.384. The normalized spacial score (nSPS) is 11.5. The maximum atomic E-state index is 10.8. The van der Waals surface area contributed by atoms with Gasteiger partial charge in [0.1, 0.15) is 0 Å². The molecule has 0 aliphatic rings. The van der Waals surface area contributed by atoms with E-state index < -0.39 is 4.92 Å². The molecule has 2 aromatic carbocycles. The summed E-state index contributed by atoms with van der Waals surface area (Å²) in [7, 11) is 0. The molecule has 0 spiro atoms. The monoisotopic (exact) mass is 389 g/mol. The fraction of sp³-hybridized carbons (Fsp3) is 0.222. The second kappa shape index (κ2) is 7.09. The topological polar surface area (TPSA) is 82.1 Å². The Morgan fingerprint density at radius 3 is 2.38 bits per heavy atom. The van der Waals surface area contributed by atoms with Crippen LogP contribution in [0.15, 0.2) is 57.0 Å². The van der Waals surface area contributed by atoms with E-state index in [1.807, 2.05) is 24.3 Å². The van der Waals surface area contributed by atoms with Crippen molar-refractivity contribution in [2.75, 3.05) is 0 Å². The van der Waals surface area contributed by atoms with Gasteiger partial charge in [0.05, 0.1) is 9.95 Å². The number of hydrogen-bond donors (Lipinski definition) is 0. The first-order valence-corrected chi connectivity index (χ1v) is 9.00. The van der Waals surface area contributed by atoms with Gasteiger partial charge in [-0.05, 0) is 40.9 Å². The van der Waals surface area contributed by atoms with Crippen LogP contribution in [0.25, 0.3) is 11.5 Å². The molecule has 0 fully saturated rings. The second-order valence-corrected chi connectivity index (χ2v) is 8.07. The number of nitro benzene ring substituents is 1. The molecule has 3 aromatic rings. The van der Waals surface area contributed by atoms with E-state index >= 15 is 0 Å². The second-order valence-electron chi connectivity index (χ2n) is 6.67. The molecule has 0 aliphatic carbocycles. The molecule has 0 N–H and O–H groups in total. The van der Waals surface area contributed by atoms with Gasteiger partial charge in [0.15, 0.2) is 0 Å². The molecule has 1 heterocycles. The van der Waals surface area contributed by atoms with Gasteiger partial charge in [-0.3, -0.25) is 10.1 Å². The van der Waals surface area contributed by atoms with Crippen molar-refractivity contribution >= 4 is 29.1 Å². The quantitative estimate of drug-likeness (QED) is 0.417. The molecular formula is C18H16ClN3O3S. The molecule has 6 nitrogen and oxygen atoms in total. The smallest absolute Gasteiger partial charge is 0.281 e. The van der Waals surface area contributed by atoms with Crippen LogP contribution >= 0.6 is 23.4 Å². The molecule has 1 aromatic heterocycles. The molecule has 8 heteroatoms. The maximum absolute atomic E-state index is 10.8. The van der Waals surface area contributed by atoms with Crippen molar-refractivity contribution in [2.45, 2.75) is 36.3 Å². The summed E-state index contributed by atoms with van der Waals surface area (Å²) >= 11 is 7.25. The van der Waals surface area contributed by atoms with Gasteiger partial charge in [0, 0.05) is 22.6 Å². The van der Waals surface area contributed by atoms with Crippen LogP contribution in [0.3, 0.4) is 0 Å². The Balaban J connectivity index is 1.79. The molecule has 0 amide bonds.